The maximum absolute atomic E-state index is 13.7. The molecule has 0 saturated heterocycles. The molecule has 0 amide bonds. The molecule has 0 bridgehead atoms. The van der Waals surface area contributed by atoms with Crippen molar-refractivity contribution in [2.24, 2.45) is 7.05 Å². The van der Waals surface area contributed by atoms with Crippen LogP contribution in [0.4, 0.5) is 8.78 Å². The largest absolute Gasteiger partial charge is 0.268 e. The quantitative estimate of drug-likeness (QED) is 0.648. The molecule has 19 heavy (non-hydrogen) atoms. The summed E-state index contributed by atoms with van der Waals surface area (Å²) >= 11 is 0. The van der Waals surface area contributed by atoms with Crippen molar-refractivity contribution in [3.05, 3.63) is 53.7 Å². The van der Waals surface area contributed by atoms with Crippen molar-refractivity contribution in [2.45, 2.75) is 6.92 Å². The third-order valence-corrected chi connectivity index (χ3v) is 3.38. The van der Waals surface area contributed by atoms with Gasteiger partial charge in [0.15, 0.2) is 0 Å². The Morgan fingerprint density at radius 2 is 1.79 bits per heavy atom. The van der Waals surface area contributed by atoms with E-state index in [2.05, 4.69) is 5.10 Å². The summed E-state index contributed by atoms with van der Waals surface area (Å²) in [7, 11) is 1.84. The molecule has 1 heterocycles. The van der Waals surface area contributed by atoms with E-state index in [0.717, 1.165) is 16.5 Å². The lowest BCUT2D eigenvalue weighted by molar-refractivity contribution is 0.569. The summed E-state index contributed by atoms with van der Waals surface area (Å²) in [6, 6.07) is 8.34. The molecule has 1 aromatic heterocycles. The Hall–Kier alpha value is -2.23. The minimum absolute atomic E-state index is 0.0436. The van der Waals surface area contributed by atoms with Gasteiger partial charge in [0.1, 0.15) is 11.6 Å². The maximum atomic E-state index is 13.7. The summed E-state index contributed by atoms with van der Waals surface area (Å²) in [4.78, 5) is 0. The summed E-state index contributed by atoms with van der Waals surface area (Å²) in [6.45, 7) is 1.43. The number of benzene rings is 2. The van der Waals surface area contributed by atoms with Crippen molar-refractivity contribution in [2.75, 3.05) is 0 Å². The van der Waals surface area contributed by atoms with Gasteiger partial charge in [0.25, 0.3) is 0 Å². The van der Waals surface area contributed by atoms with E-state index < -0.39 is 11.6 Å². The third kappa shape index (κ3) is 1.80. The molecule has 0 radical (unpaired) electrons. The van der Waals surface area contributed by atoms with Crippen LogP contribution in [0.15, 0.2) is 36.5 Å². The summed E-state index contributed by atoms with van der Waals surface area (Å²) in [6.07, 6.45) is 1.71. The number of aryl methyl sites for hydroxylation is 1. The standard InChI is InChI=1S/C15H12F2N2/c1-9-13(16)6-10(7-14(9)17)11-4-3-5-15-12(11)8-18-19(15)2/h3-8H,1-2H3. The zero-order valence-electron chi connectivity index (χ0n) is 10.6. The average Bonchev–Trinajstić information content (AvgIpc) is 2.77. The molecule has 0 atom stereocenters. The number of aromatic nitrogens is 2. The van der Waals surface area contributed by atoms with Gasteiger partial charge in [-0.3, -0.25) is 4.68 Å². The van der Waals surface area contributed by atoms with Crippen molar-refractivity contribution in [1.29, 1.82) is 0 Å². The highest BCUT2D eigenvalue weighted by Crippen LogP contribution is 2.30. The molecule has 0 N–H and O–H groups in total. The van der Waals surface area contributed by atoms with Crippen LogP contribution in [0.3, 0.4) is 0 Å². The van der Waals surface area contributed by atoms with Crippen LogP contribution in [-0.2, 0) is 7.05 Å². The highest BCUT2D eigenvalue weighted by atomic mass is 19.1. The van der Waals surface area contributed by atoms with E-state index in [-0.39, 0.29) is 5.56 Å². The van der Waals surface area contributed by atoms with Crippen molar-refractivity contribution in [1.82, 2.24) is 9.78 Å². The molecule has 0 fully saturated rings. The summed E-state index contributed by atoms with van der Waals surface area (Å²) in [5.41, 5.74) is 2.28. The second kappa shape index (κ2) is 4.16. The average molecular weight is 258 g/mol. The molecule has 3 rings (SSSR count). The fourth-order valence-corrected chi connectivity index (χ4v) is 2.23. The van der Waals surface area contributed by atoms with Gasteiger partial charge in [-0.05, 0) is 36.2 Å². The van der Waals surface area contributed by atoms with Gasteiger partial charge in [-0.2, -0.15) is 5.10 Å². The molecular weight excluding hydrogens is 246 g/mol. The van der Waals surface area contributed by atoms with Crippen LogP contribution < -0.4 is 0 Å². The topological polar surface area (TPSA) is 17.8 Å². The molecule has 0 saturated carbocycles. The van der Waals surface area contributed by atoms with Gasteiger partial charge in [-0.1, -0.05) is 12.1 Å². The Morgan fingerprint density at radius 3 is 2.47 bits per heavy atom. The van der Waals surface area contributed by atoms with Crippen LogP contribution in [0.1, 0.15) is 5.56 Å². The Kier molecular flexibility index (Phi) is 2.59. The zero-order valence-corrected chi connectivity index (χ0v) is 10.6. The van der Waals surface area contributed by atoms with Gasteiger partial charge < -0.3 is 0 Å². The molecule has 0 unspecified atom stereocenters. The molecular formula is C15H12F2N2. The maximum Gasteiger partial charge on any atom is 0.129 e. The smallest absolute Gasteiger partial charge is 0.129 e. The fourth-order valence-electron chi connectivity index (χ4n) is 2.23. The minimum Gasteiger partial charge on any atom is -0.268 e. The Bertz CT molecular complexity index is 752. The molecule has 4 heteroatoms. The van der Waals surface area contributed by atoms with E-state index in [1.54, 1.807) is 10.9 Å². The van der Waals surface area contributed by atoms with Crippen LogP contribution in [0.25, 0.3) is 22.0 Å². The predicted molar refractivity (Wildman–Crippen MR) is 70.8 cm³/mol. The first-order chi connectivity index (χ1) is 9.08. The number of rotatable bonds is 1. The molecule has 2 nitrogen and oxygen atoms in total. The number of nitrogens with zero attached hydrogens (tertiary/aromatic N) is 2. The molecule has 0 aliphatic carbocycles. The molecule has 0 aliphatic rings. The minimum atomic E-state index is -0.532. The van der Waals surface area contributed by atoms with E-state index >= 15 is 0 Å². The lowest BCUT2D eigenvalue weighted by Crippen LogP contribution is -1.91. The number of hydrogen-bond acceptors (Lipinski definition) is 1. The second-order valence-corrected chi connectivity index (χ2v) is 4.57. The lowest BCUT2D eigenvalue weighted by atomic mass is 10.0. The van der Waals surface area contributed by atoms with Gasteiger partial charge in [0.2, 0.25) is 0 Å². The number of hydrogen-bond donors (Lipinski definition) is 0. The fraction of sp³-hybridized carbons (Fsp3) is 0.133. The number of halogens is 2. The lowest BCUT2D eigenvalue weighted by Gasteiger charge is -2.06. The van der Waals surface area contributed by atoms with E-state index in [9.17, 15) is 8.78 Å². The Labute approximate surface area is 109 Å². The van der Waals surface area contributed by atoms with Gasteiger partial charge in [-0.15, -0.1) is 0 Å². The first-order valence-electron chi connectivity index (χ1n) is 5.94. The van der Waals surface area contributed by atoms with Crippen molar-refractivity contribution in [3.63, 3.8) is 0 Å². The Morgan fingerprint density at radius 1 is 1.11 bits per heavy atom. The van der Waals surface area contributed by atoms with Crippen LogP contribution in [0.5, 0.6) is 0 Å². The molecule has 2 aromatic carbocycles. The van der Waals surface area contributed by atoms with Crippen LogP contribution in [-0.4, -0.2) is 9.78 Å². The van der Waals surface area contributed by atoms with Crippen molar-refractivity contribution < 1.29 is 8.78 Å². The van der Waals surface area contributed by atoms with Gasteiger partial charge in [0, 0.05) is 18.0 Å². The van der Waals surface area contributed by atoms with Crippen molar-refractivity contribution in [3.8, 4) is 11.1 Å². The van der Waals surface area contributed by atoms with Gasteiger partial charge in [0.05, 0.1) is 11.7 Å². The molecule has 96 valence electrons. The molecule has 0 aliphatic heterocycles. The first-order valence-corrected chi connectivity index (χ1v) is 5.94. The van der Waals surface area contributed by atoms with Crippen LogP contribution >= 0.6 is 0 Å². The molecule has 0 spiro atoms. The third-order valence-electron chi connectivity index (χ3n) is 3.38. The highest BCUT2D eigenvalue weighted by molar-refractivity contribution is 5.94. The van der Waals surface area contributed by atoms with E-state index in [0.29, 0.717) is 5.56 Å². The Balaban J connectivity index is 2.30. The van der Waals surface area contributed by atoms with E-state index in [4.69, 9.17) is 0 Å². The van der Waals surface area contributed by atoms with Crippen molar-refractivity contribution >= 4 is 10.9 Å². The second-order valence-electron chi connectivity index (χ2n) is 4.57. The summed E-state index contributed by atoms with van der Waals surface area (Å²) in [5, 5.41) is 5.06. The summed E-state index contributed by atoms with van der Waals surface area (Å²) in [5.74, 6) is -1.06. The monoisotopic (exact) mass is 258 g/mol. The van der Waals surface area contributed by atoms with E-state index in [1.807, 2.05) is 25.2 Å². The summed E-state index contributed by atoms with van der Waals surface area (Å²) < 4.78 is 29.1. The van der Waals surface area contributed by atoms with Gasteiger partial charge in [-0.25, -0.2) is 8.78 Å². The predicted octanol–water partition coefficient (Wildman–Crippen LogP) is 3.83. The SMILES string of the molecule is Cc1c(F)cc(-c2cccc3c2cnn3C)cc1F. The van der Waals surface area contributed by atoms with E-state index in [1.165, 1.54) is 19.1 Å². The highest BCUT2D eigenvalue weighted by Gasteiger charge is 2.11. The van der Waals surface area contributed by atoms with Crippen LogP contribution in [0.2, 0.25) is 0 Å². The van der Waals surface area contributed by atoms with Crippen LogP contribution in [0, 0.1) is 18.6 Å². The molecule has 3 aromatic rings. The normalized spacial score (nSPS) is 11.2. The first kappa shape index (κ1) is 11.8. The van der Waals surface area contributed by atoms with Gasteiger partial charge >= 0.3 is 0 Å². The number of fused-ring (bicyclic) bond motifs is 1. The zero-order chi connectivity index (χ0) is 13.6.